The molecule has 1 aromatic carbocycles. The van der Waals surface area contributed by atoms with Gasteiger partial charge in [0.05, 0.1) is 10.7 Å². The number of nitrogens with one attached hydrogen (secondary N) is 2. The number of hydrogen-bond donors (Lipinski definition) is 2. The summed E-state index contributed by atoms with van der Waals surface area (Å²) in [5, 5.41) is 7.57. The van der Waals surface area contributed by atoms with Gasteiger partial charge in [-0.2, -0.15) is 0 Å². The maximum absolute atomic E-state index is 6.16. The summed E-state index contributed by atoms with van der Waals surface area (Å²) in [5.41, 5.74) is 3.15. The Morgan fingerprint density at radius 1 is 1.38 bits per heavy atom. The summed E-state index contributed by atoms with van der Waals surface area (Å²) in [7, 11) is 0. The Hall–Kier alpha value is -0.800. The van der Waals surface area contributed by atoms with Crippen LogP contribution in [0.4, 0.5) is 5.69 Å². The third-order valence-electron chi connectivity index (χ3n) is 2.21. The van der Waals surface area contributed by atoms with Crippen LogP contribution in [0.5, 0.6) is 0 Å². The fourth-order valence-electron chi connectivity index (χ4n) is 1.47. The van der Waals surface area contributed by atoms with Crippen molar-refractivity contribution in [2.75, 3.05) is 11.9 Å². The Balaban J connectivity index is 2.77. The zero-order chi connectivity index (χ0) is 12.1. The molecule has 0 heterocycles. The fraction of sp³-hybridized carbons (Fsp3) is 0.417. The number of anilines is 1. The van der Waals surface area contributed by atoms with Gasteiger partial charge in [-0.05, 0) is 49.7 Å². The lowest BCUT2D eigenvalue weighted by Crippen LogP contribution is -2.29. The van der Waals surface area contributed by atoms with E-state index in [9.17, 15) is 0 Å². The molecule has 16 heavy (non-hydrogen) atoms. The molecule has 0 bridgehead atoms. The van der Waals surface area contributed by atoms with Crippen LogP contribution in [0.15, 0.2) is 12.1 Å². The highest BCUT2D eigenvalue weighted by atomic mass is 35.5. The summed E-state index contributed by atoms with van der Waals surface area (Å²) in [6, 6.07) is 4.01. The van der Waals surface area contributed by atoms with E-state index in [1.54, 1.807) is 0 Å². The first-order valence-corrected chi connectivity index (χ1v) is 6.14. The Kier molecular flexibility index (Phi) is 5.03. The lowest BCUT2D eigenvalue weighted by atomic mass is 10.1. The zero-order valence-electron chi connectivity index (χ0n) is 9.86. The highest BCUT2D eigenvalue weighted by Crippen LogP contribution is 2.27. The van der Waals surface area contributed by atoms with Crippen LogP contribution in [-0.2, 0) is 0 Å². The van der Waals surface area contributed by atoms with E-state index >= 15 is 0 Å². The Bertz CT molecular complexity index is 368. The second-order valence-corrected chi connectivity index (χ2v) is 4.63. The van der Waals surface area contributed by atoms with E-state index in [2.05, 4.69) is 23.6 Å². The minimum atomic E-state index is 0.621. The zero-order valence-corrected chi connectivity index (χ0v) is 11.4. The van der Waals surface area contributed by atoms with Crippen LogP contribution in [-0.4, -0.2) is 11.7 Å². The predicted octanol–water partition coefficient (Wildman–Crippen LogP) is 3.65. The van der Waals surface area contributed by atoms with E-state index in [4.69, 9.17) is 23.8 Å². The molecular formula is C12H17ClN2S. The number of aryl methyl sites for hydroxylation is 2. The molecule has 1 rings (SSSR count). The number of halogens is 1. The molecule has 0 amide bonds. The summed E-state index contributed by atoms with van der Waals surface area (Å²) >= 11 is 11.3. The highest BCUT2D eigenvalue weighted by molar-refractivity contribution is 7.80. The van der Waals surface area contributed by atoms with Gasteiger partial charge in [0, 0.05) is 6.54 Å². The molecule has 1 aromatic rings. The van der Waals surface area contributed by atoms with Gasteiger partial charge in [-0.15, -0.1) is 0 Å². The van der Waals surface area contributed by atoms with Crippen molar-refractivity contribution < 1.29 is 0 Å². The molecule has 0 aliphatic rings. The molecular weight excluding hydrogens is 240 g/mol. The van der Waals surface area contributed by atoms with Crippen LogP contribution in [0.2, 0.25) is 5.02 Å². The molecule has 2 N–H and O–H groups in total. The van der Waals surface area contributed by atoms with Crippen molar-refractivity contribution >= 4 is 34.6 Å². The SMILES string of the molecule is CCCNC(=S)Nc1c(C)cc(C)cc1Cl. The van der Waals surface area contributed by atoms with E-state index in [1.807, 2.05) is 19.9 Å². The van der Waals surface area contributed by atoms with Gasteiger partial charge in [-0.25, -0.2) is 0 Å². The molecule has 0 aliphatic carbocycles. The molecule has 0 radical (unpaired) electrons. The first-order valence-electron chi connectivity index (χ1n) is 5.36. The molecule has 0 saturated heterocycles. The summed E-state index contributed by atoms with van der Waals surface area (Å²) < 4.78 is 0. The van der Waals surface area contributed by atoms with Crippen LogP contribution in [0, 0.1) is 13.8 Å². The van der Waals surface area contributed by atoms with E-state index in [-0.39, 0.29) is 0 Å². The standard InChI is InChI=1S/C12H17ClN2S/c1-4-5-14-12(16)15-11-9(3)6-8(2)7-10(11)13/h6-7H,4-5H2,1-3H3,(H2,14,15,16). The lowest BCUT2D eigenvalue weighted by Gasteiger charge is -2.14. The van der Waals surface area contributed by atoms with E-state index in [0.717, 1.165) is 29.8 Å². The number of rotatable bonds is 3. The highest BCUT2D eigenvalue weighted by Gasteiger charge is 2.06. The van der Waals surface area contributed by atoms with Crippen molar-refractivity contribution in [2.24, 2.45) is 0 Å². The molecule has 0 aliphatic heterocycles. The van der Waals surface area contributed by atoms with Crippen molar-refractivity contribution in [3.8, 4) is 0 Å². The first-order chi connectivity index (χ1) is 7.54. The van der Waals surface area contributed by atoms with Gasteiger partial charge in [-0.3, -0.25) is 0 Å². The van der Waals surface area contributed by atoms with Gasteiger partial charge in [-0.1, -0.05) is 24.6 Å². The van der Waals surface area contributed by atoms with Gasteiger partial charge in [0.15, 0.2) is 5.11 Å². The van der Waals surface area contributed by atoms with Crippen molar-refractivity contribution in [1.29, 1.82) is 0 Å². The third kappa shape index (κ3) is 3.65. The van der Waals surface area contributed by atoms with E-state index in [0.29, 0.717) is 10.1 Å². The quantitative estimate of drug-likeness (QED) is 0.808. The number of hydrogen-bond acceptors (Lipinski definition) is 1. The minimum Gasteiger partial charge on any atom is -0.362 e. The van der Waals surface area contributed by atoms with Crippen molar-refractivity contribution in [2.45, 2.75) is 27.2 Å². The van der Waals surface area contributed by atoms with E-state index in [1.165, 1.54) is 0 Å². The molecule has 0 unspecified atom stereocenters. The normalized spacial score (nSPS) is 10.0. The second-order valence-electron chi connectivity index (χ2n) is 3.82. The van der Waals surface area contributed by atoms with Crippen LogP contribution in [0.3, 0.4) is 0 Å². The van der Waals surface area contributed by atoms with Crippen LogP contribution in [0.1, 0.15) is 24.5 Å². The molecule has 4 heteroatoms. The second kappa shape index (κ2) is 6.06. The Morgan fingerprint density at radius 2 is 2.06 bits per heavy atom. The summed E-state index contributed by atoms with van der Waals surface area (Å²) in [6.45, 7) is 7.01. The maximum Gasteiger partial charge on any atom is 0.170 e. The van der Waals surface area contributed by atoms with Gasteiger partial charge >= 0.3 is 0 Å². The van der Waals surface area contributed by atoms with Gasteiger partial charge in [0.2, 0.25) is 0 Å². The average molecular weight is 257 g/mol. The number of benzene rings is 1. The maximum atomic E-state index is 6.16. The topological polar surface area (TPSA) is 24.1 Å². The summed E-state index contributed by atoms with van der Waals surface area (Å²) in [5.74, 6) is 0. The largest absolute Gasteiger partial charge is 0.362 e. The third-order valence-corrected chi connectivity index (χ3v) is 2.75. The molecule has 0 atom stereocenters. The fourth-order valence-corrected chi connectivity index (χ4v) is 2.04. The minimum absolute atomic E-state index is 0.621. The smallest absolute Gasteiger partial charge is 0.170 e. The molecule has 0 saturated carbocycles. The average Bonchev–Trinajstić information content (AvgIpc) is 2.20. The van der Waals surface area contributed by atoms with E-state index < -0.39 is 0 Å². The van der Waals surface area contributed by atoms with Gasteiger partial charge in [0.25, 0.3) is 0 Å². The van der Waals surface area contributed by atoms with Crippen LogP contribution < -0.4 is 10.6 Å². The Morgan fingerprint density at radius 3 is 2.62 bits per heavy atom. The van der Waals surface area contributed by atoms with Crippen molar-refractivity contribution in [3.05, 3.63) is 28.3 Å². The molecule has 0 spiro atoms. The molecule has 0 fully saturated rings. The number of thiocarbonyl (C=S) groups is 1. The molecule has 0 aromatic heterocycles. The molecule has 2 nitrogen and oxygen atoms in total. The summed E-state index contributed by atoms with van der Waals surface area (Å²) in [6.07, 6.45) is 1.04. The van der Waals surface area contributed by atoms with Gasteiger partial charge in [0.1, 0.15) is 0 Å². The van der Waals surface area contributed by atoms with Crippen molar-refractivity contribution in [1.82, 2.24) is 5.32 Å². The van der Waals surface area contributed by atoms with Crippen molar-refractivity contribution in [3.63, 3.8) is 0 Å². The Labute approximate surface area is 107 Å². The monoisotopic (exact) mass is 256 g/mol. The van der Waals surface area contributed by atoms with Gasteiger partial charge < -0.3 is 10.6 Å². The molecule has 88 valence electrons. The lowest BCUT2D eigenvalue weighted by molar-refractivity contribution is 0.846. The summed E-state index contributed by atoms with van der Waals surface area (Å²) in [4.78, 5) is 0. The first kappa shape index (κ1) is 13.3. The van der Waals surface area contributed by atoms with Crippen LogP contribution in [0.25, 0.3) is 0 Å². The predicted molar refractivity (Wildman–Crippen MR) is 75.4 cm³/mol. The van der Waals surface area contributed by atoms with Crippen LogP contribution >= 0.6 is 23.8 Å².